The Hall–Kier alpha value is -4.89. The van der Waals surface area contributed by atoms with Gasteiger partial charge in [-0.25, -0.2) is 9.37 Å². The van der Waals surface area contributed by atoms with E-state index in [9.17, 15) is 4.39 Å². The second-order valence-electron chi connectivity index (χ2n) is 12.2. The molecular formula is C36H37FN8. The summed E-state index contributed by atoms with van der Waals surface area (Å²) >= 11 is 0. The number of aryl methyl sites for hydroxylation is 1. The van der Waals surface area contributed by atoms with Crippen LogP contribution in [-0.4, -0.2) is 54.7 Å². The monoisotopic (exact) mass is 600 g/mol. The number of halogens is 1. The SMILES string of the molecule is C=C(Nc1cncc(-c2ccc3[nH]nc(-c4nc5c(-c6cc(F)cc(CCCN7CCCC7)c6)nccc5[nH]4)c3c2)c1)C(C)C. The summed E-state index contributed by atoms with van der Waals surface area (Å²) in [5, 5.41) is 12.1. The highest BCUT2D eigenvalue weighted by Crippen LogP contribution is 2.33. The number of hydrogen-bond acceptors (Lipinski definition) is 6. The lowest BCUT2D eigenvalue weighted by Gasteiger charge is -2.14. The Bertz CT molecular complexity index is 2000. The topological polar surface area (TPSA) is 98.4 Å². The van der Waals surface area contributed by atoms with Crippen molar-refractivity contribution in [3.63, 3.8) is 0 Å². The number of aromatic amines is 2. The number of imidazole rings is 1. The molecule has 228 valence electrons. The van der Waals surface area contributed by atoms with Gasteiger partial charge in [-0.2, -0.15) is 5.10 Å². The number of aromatic nitrogens is 6. The van der Waals surface area contributed by atoms with Crippen LogP contribution in [0.3, 0.4) is 0 Å². The molecule has 0 radical (unpaired) electrons. The van der Waals surface area contributed by atoms with Crippen molar-refractivity contribution in [2.24, 2.45) is 5.92 Å². The van der Waals surface area contributed by atoms with Gasteiger partial charge in [0, 0.05) is 34.6 Å². The van der Waals surface area contributed by atoms with E-state index in [0.29, 0.717) is 28.6 Å². The minimum absolute atomic E-state index is 0.258. The minimum Gasteiger partial charge on any atom is -0.358 e. The molecule has 0 atom stereocenters. The molecule has 7 rings (SSSR count). The van der Waals surface area contributed by atoms with E-state index in [-0.39, 0.29) is 5.82 Å². The molecule has 4 aromatic heterocycles. The molecule has 1 aliphatic heterocycles. The van der Waals surface area contributed by atoms with Crippen LogP contribution in [0.25, 0.3) is 55.8 Å². The summed E-state index contributed by atoms with van der Waals surface area (Å²) in [7, 11) is 0. The van der Waals surface area contributed by atoms with Crippen molar-refractivity contribution in [1.29, 1.82) is 0 Å². The van der Waals surface area contributed by atoms with Crippen molar-refractivity contribution in [3.05, 3.63) is 90.8 Å². The Morgan fingerprint density at radius 1 is 0.978 bits per heavy atom. The van der Waals surface area contributed by atoms with Crippen molar-refractivity contribution in [2.75, 3.05) is 25.0 Å². The molecule has 5 heterocycles. The second kappa shape index (κ2) is 12.2. The molecule has 1 saturated heterocycles. The third-order valence-electron chi connectivity index (χ3n) is 8.63. The van der Waals surface area contributed by atoms with Gasteiger partial charge < -0.3 is 15.2 Å². The molecule has 0 spiro atoms. The summed E-state index contributed by atoms with van der Waals surface area (Å²) in [5.74, 6) is 0.670. The van der Waals surface area contributed by atoms with Crippen molar-refractivity contribution < 1.29 is 4.39 Å². The summed E-state index contributed by atoms with van der Waals surface area (Å²) in [6, 6.07) is 15.4. The lowest BCUT2D eigenvalue weighted by Crippen LogP contribution is -2.20. The van der Waals surface area contributed by atoms with Gasteiger partial charge in [0.2, 0.25) is 0 Å². The number of rotatable bonds is 10. The highest BCUT2D eigenvalue weighted by Gasteiger charge is 2.18. The molecule has 0 saturated carbocycles. The minimum atomic E-state index is -0.258. The van der Waals surface area contributed by atoms with Crippen molar-refractivity contribution in [2.45, 2.75) is 39.5 Å². The zero-order valence-corrected chi connectivity index (χ0v) is 25.7. The first-order valence-corrected chi connectivity index (χ1v) is 15.7. The Labute approximate surface area is 261 Å². The fourth-order valence-corrected chi connectivity index (χ4v) is 6.07. The van der Waals surface area contributed by atoms with Gasteiger partial charge in [0.25, 0.3) is 0 Å². The Morgan fingerprint density at radius 2 is 1.84 bits per heavy atom. The number of allylic oxidation sites excluding steroid dienone is 1. The fourth-order valence-electron chi connectivity index (χ4n) is 6.07. The number of nitrogens with one attached hydrogen (secondary N) is 3. The van der Waals surface area contributed by atoms with Crippen LogP contribution in [0.5, 0.6) is 0 Å². The van der Waals surface area contributed by atoms with E-state index in [4.69, 9.17) is 4.98 Å². The number of pyridine rings is 2. The van der Waals surface area contributed by atoms with E-state index < -0.39 is 0 Å². The van der Waals surface area contributed by atoms with Crippen molar-refractivity contribution >= 4 is 27.6 Å². The Kier molecular flexibility index (Phi) is 7.85. The highest BCUT2D eigenvalue weighted by atomic mass is 19.1. The summed E-state index contributed by atoms with van der Waals surface area (Å²) in [6.45, 7) is 11.7. The van der Waals surface area contributed by atoms with Crippen LogP contribution in [0.2, 0.25) is 0 Å². The number of hydrogen-bond donors (Lipinski definition) is 3. The van der Waals surface area contributed by atoms with E-state index in [1.54, 1.807) is 24.5 Å². The van der Waals surface area contributed by atoms with Gasteiger partial charge in [0.15, 0.2) is 5.82 Å². The molecule has 6 aromatic rings. The van der Waals surface area contributed by atoms with Crippen molar-refractivity contribution in [1.82, 2.24) is 35.0 Å². The molecule has 1 aliphatic rings. The summed E-state index contributed by atoms with van der Waals surface area (Å²) in [4.78, 5) is 20.0. The second-order valence-corrected chi connectivity index (χ2v) is 12.2. The summed E-state index contributed by atoms with van der Waals surface area (Å²) in [6.07, 6.45) is 9.77. The number of nitrogens with zero attached hydrogens (tertiary/aromatic N) is 5. The van der Waals surface area contributed by atoms with E-state index >= 15 is 0 Å². The molecule has 2 aromatic carbocycles. The predicted molar refractivity (Wildman–Crippen MR) is 179 cm³/mol. The Morgan fingerprint density at radius 3 is 2.69 bits per heavy atom. The van der Waals surface area contributed by atoms with Crippen LogP contribution >= 0.6 is 0 Å². The summed E-state index contributed by atoms with van der Waals surface area (Å²) in [5.41, 5.74) is 9.26. The normalized spacial score (nSPS) is 13.8. The van der Waals surface area contributed by atoms with Crippen LogP contribution < -0.4 is 5.32 Å². The molecule has 9 heteroatoms. The molecule has 1 fully saturated rings. The van der Waals surface area contributed by atoms with Gasteiger partial charge in [0.05, 0.1) is 28.6 Å². The average Bonchev–Trinajstić information content (AvgIpc) is 3.80. The first-order valence-electron chi connectivity index (χ1n) is 15.7. The van der Waals surface area contributed by atoms with E-state index in [2.05, 4.69) is 74.0 Å². The lowest BCUT2D eigenvalue weighted by atomic mass is 10.0. The maximum Gasteiger partial charge on any atom is 0.159 e. The standard InChI is InChI=1S/C36H37FN8/c1-22(2)23(3)40-29-18-27(20-38-21-29)25-8-9-31-30(19-25)34(44-43-31)36-41-32-10-11-39-33(35(32)42-36)26-15-24(16-28(37)17-26)7-6-14-45-12-4-5-13-45/h8-11,15-22,40H,3-7,12-14H2,1-2H3,(H,41,42)(H,43,44). The number of anilines is 1. The zero-order valence-electron chi connectivity index (χ0n) is 25.7. The number of likely N-dealkylation sites (tertiary alicyclic amines) is 1. The fraction of sp³-hybridized carbons (Fsp3) is 0.278. The third-order valence-corrected chi connectivity index (χ3v) is 8.63. The third kappa shape index (κ3) is 6.08. The van der Waals surface area contributed by atoms with Crippen LogP contribution in [0, 0.1) is 11.7 Å². The molecule has 0 amide bonds. The molecule has 0 bridgehead atoms. The smallest absolute Gasteiger partial charge is 0.159 e. The Balaban J connectivity index is 1.20. The number of H-pyrrole nitrogens is 2. The molecular weight excluding hydrogens is 563 g/mol. The zero-order chi connectivity index (χ0) is 30.9. The summed E-state index contributed by atoms with van der Waals surface area (Å²) < 4.78 is 14.9. The van der Waals surface area contributed by atoms with Gasteiger partial charge in [-0.15, -0.1) is 0 Å². The van der Waals surface area contributed by atoms with Crippen LogP contribution in [-0.2, 0) is 6.42 Å². The first-order chi connectivity index (χ1) is 21.9. The largest absolute Gasteiger partial charge is 0.358 e. The predicted octanol–water partition coefficient (Wildman–Crippen LogP) is 7.98. The quantitative estimate of drug-likeness (QED) is 0.147. The van der Waals surface area contributed by atoms with E-state index in [1.807, 2.05) is 24.4 Å². The molecule has 45 heavy (non-hydrogen) atoms. The maximum absolute atomic E-state index is 14.9. The number of benzene rings is 2. The molecule has 3 N–H and O–H groups in total. The molecule has 0 unspecified atom stereocenters. The van der Waals surface area contributed by atoms with Gasteiger partial charge in [-0.3, -0.25) is 15.1 Å². The van der Waals surface area contributed by atoms with Gasteiger partial charge in [0.1, 0.15) is 17.0 Å². The van der Waals surface area contributed by atoms with Crippen LogP contribution in [0.4, 0.5) is 10.1 Å². The van der Waals surface area contributed by atoms with Gasteiger partial charge in [-0.1, -0.05) is 26.5 Å². The molecule has 0 aliphatic carbocycles. The average molecular weight is 601 g/mol. The number of fused-ring (bicyclic) bond motifs is 2. The first kappa shape index (κ1) is 28.9. The van der Waals surface area contributed by atoms with Gasteiger partial charge in [-0.05, 0) is 105 Å². The van der Waals surface area contributed by atoms with E-state index in [0.717, 1.165) is 69.4 Å². The van der Waals surface area contributed by atoms with Crippen LogP contribution in [0.1, 0.15) is 38.7 Å². The van der Waals surface area contributed by atoms with E-state index in [1.165, 1.54) is 25.9 Å². The van der Waals surface area contributed by atoms with Crippen LogP contribution in [0.15, 0.2) is 79.4 Å². The van der Waals surface area contributed by atoms with Gasteiger partial charge >= 0.3 is 0 Å². The maximum atomic E-state index is 14.9. The lowest BCUT2D eigenvalue weighted by molar-refractivity contribution is 0.334. The molecule has 8 nitrogen and oxygen atoms in total. The highest BCUT2D eigenvalue weighted by molar-refractivity contribution is 5.97. The van der Waals surface area contributed by atoms with Crippen molar-refractivity contribution in [3.8, 4) is 33.9 Å².